The lowest BCUT2D eigenvalue weighted by molar-refractivity contribution is -0.126. The van der Waals surface area contributed by atoms with Crippen molar-refractivity contribution in [3.63, 3.8) is 0 Å². The summed E-state index contributed by atoms with van der Waals surface area (Å²) in [5.41, 5.74) is 8.06. The Morgan fingerprint density at radius 2 is 1.86 bits per heavy atom. The van der Waals surface area contributed by atoms with Crippen LogP contribution in [0, 0.1) is 29.1 Å². The van der Waals surface area contributed by atoms with Crippen LogP contribution >= 0.6 is 0 Å². The second-order valence-corrected chi connectivity index (χ2v) is 11.7. The first kappa shape index (κ1) is 22.6. The van der Waals surface area contributed by atoms with Crippen molar-refractivity contribution in [2.24, 2.45) is 29.1 Å². The SMILES string of the molecule is CC(=O)[C@H]1[C@H](C)CC2C3CCC4=CC(=O)CCC4=C3[C@@H](c3ccc(-c4cccnc4)cc3)C[C@@]21C. The van der Waals surface area contributed by atoms with Crippen molar-refractivity contribution in [2.45, 2.75) is 65.2 Å². The van der Waals surface area contributed by atoms with Crippen LogP contribution in [0.5, 0.6) is 0 Å². The second-order valence-electron chi connectivity index (χ2n) is 11.7. The third kappa shape index (κ3) is 3.58. The number of hydrogen-bond donors (Lipinski definition) is 0. The van der Waals surface area contributed by atoms with Gasteiger partial charge in [-0.15, -0.1) is 0 Å². The third-order valence-corrected chi connectivity index (χ3v) is 9.82. The lowest BCUT2D eigenvalue weighted by Crippen LogP contribution is -2.45. The van der Waals surface area contributed by atoms with Gasteiger partial charge in [-0.1, -0.05) is 49.8 Å². The Morgan fingerprint density at radius 3 is 2.57 bits per heavy atom. The number of Topliss-reactive ketones (excluding diaryl/α,β-unsaturated/α-hetero) is 1. The molecule has 0 spiro atoms. The Labute approximate surface area is 208 Å². The summed E-state index contributed by atoms with van der Waals surface area (Å²) in [6.07, 6.45) is 11.5. The number of hydrogen-bond acceptors (Lipinski definition) is 3. The standard InChI is InChI=1S/C32H35NO2/c1-19-15-29-27-12-10-23-16-25(35)11-13-26(23)30(27)28(17-32(29,3)31(19)20(2)34)22-8-6-21(7-9-22)24-5-4-14-33-18-24/h4-9,14,16,18-19,27-29,31H,10-13,15,17H2,1-3H3/t19-,27?,28-,29?,31-,32+/m1/s1. The highest BCUT2D eigenvalue weighted by molar-refractivity contribution is 5.93. The Hall–Kier alpha value is -2.81. The summed E-state index contributed by atoms with van der Waals surface area (Å²) in [5, 5.41) is 0. The van der Waals surface area contributed by atoms with Crippen molar-refractivity contribution in [1.82, 2.24) is 4.98 Å². The molecule has 2 aromatic rings. The molecule has 3 heteroatoms. The van der Waals surface area contributed by atoms with E-state index in [-0.39, 0.29) is 17.1 Å². The predicted molar refractivity (Wildman–Crippen MR) is 139 cm³/mol. The quantitative estimate of drug-likeness (QED) is 0.486. The van der Waals surface area contributed by atoms with Crippen molar-refractivity contribution < 1.29 is 9.59 Å². The molecule has 0 radical (unpaired) electrons. The number of carbonyl (C=O) groups excluding carboxylic acids is 2. The highest BCUT2D eigenvalue weighted by Gasteiger charge is 2.59. The van der Waals surface area contributed by atoms with Crippen molar-refractivity contribution in [2.75, 3.05) is 0 Å². The summed E-state index contributed by atoms with van der Waals surface area (Å²) >= 11 is 0. The minimum atomic E-state index is 0.0262. The van der Waals surface area contributed by atoms with Gasteiger partial charge in [0.05, 0.1) is 0 Å². The Kier molecular flexibility index (Phi) is 5.43. The maximum Gasteiger partial charge on any atom is 0.156 e. The van der Waals surface area contributed by atoms with E-state index >= 15 is 0 Å². The average Bonchev–Trinajstić information content (AvgIpc) is 3.13. The molecule has 2 unspecified atom stereocenters. The van der Waals surface area contributed by atoms with Crippen molar-refractivity contribution in [3.05, 3.63) is 77.2 Å². The molecular weight excluding hydrogens is 430 g/mol. The molecule has 0 bridgehead atoms. The molecule has 1 aromatic carbocycles. The number of ketones is 2. The van der Waals surface area contributed by atoms with E-state index in [0.29, 0.717) is 35.9 Å². The third-order valence-electron chi connectivity index (χ3n) is 9.82. The average molecular weight is 466 g/mol. The van der Waals surface area contributed by atoms with Gasteiger partial charge in [-0.2, -0.15) is 0 Å². The Bertz CT molecular complexity index is 1240. The van der Waals surface area contributed by atoms with Gasteiger partial charge in [-0.25, -0.2) is 0 Å². The van der Waals surface area contributed by atoms with Gasteiger partial charge in [0.2, 0.25) is 0 Å². The van der Waals surface area contributed by atoms with E-state index in [1.807, 2.05) is 31.5 Å². The first-order valence-corrected chi connectivity index (χ1v) is 13.3. The van der Waals surface area contributed by atoms with Crippen LogP contribution in [0.1, 0.15) is 70.8 Å². The van der Waals surface area contributed by atoms with Crippen LogP contribution in [0.2, 0.25) is 0 Å². The van der Waals surface area contributed by atoms with E-state index in [0.717, 1.165) is 37.7 Å². The predicted octanol–water partition coefficient (Wildman–Crippen LogP) is 7.10. The molecule has 35 heavy (non-hydrogen) atoms. The van der Waals surface area contributed by atoms with Gasteiger partial charge in [-0.3, -0.25) is 14.6 Å². The van der Waals surface area contributed by atoms with Crippen LogP contribution in [0.25, 0.3) is 11.1 Å². The molecule has 1 heterocycles. The molecule has 3 nitrogen and oxygen atoms in total. The van der Waals surface area contributed by atoms with Crippen molar-refractivity contribution in [3.8, 4) is 11.1 Å². The molecule has 4 aliphatic carbocycles. The smallest absolute Gasteiger partial charge is 0.156 e. The van der Waals surface area contributed by atoms with Crippen LogP contribution in [0.3, 0.4) is 0 Å². The number of pyridine rings is 1. The van der Waals surface area contributed by atoms with Gasteiger partial charge in [0.25, 0.3) is 0 Å². The van der Waals surface area contributed by atoms with Gasteiger partial charge in [0, 0.05) is 30.7 Å². The summed E-state index contributed by atoms with van der Waals surface area (Å²) in [6, 6.07) is 13.1. The van der Waals surface area contributed by atoms with Gasteiger partial charge in [-0.05, 0) is 102 Å². The van der Waals surface area contributed by atoms with Crippen molar-refractivity contribution in [1.29, 1.82) is 0 Å². The van der Waals surface area contributed by atoms with Gasteiger partial charge >= 0.3 is 0 Å². The van der Waals surface area contributed by atoms with Gasteiger partial charge < -0.3 is 0 Å². The summed E-state index contributed by atoms with van der Waals surface area (Å²) < 4.78 is 0. The molecule has 6 atom stereocenters. The zero-order valence-electron chi connectivity index (χ0n) is 21.1. The maximum absolute atomic E-state index is 12.9. The topological polar surface area (TPSA) is 47.0 Å². The highest BCUT2D eigenvalue weighted by atomic mass is 16.1. The Balaban J connectivity index is 1.48. The largest absolute Gasteiger partial charge is 0.300 e. The number of benzene rings is 1. The molecule has 2 fully saturated rings. The van der Waals surface area contributed by atoms with Crippen LogP contribution in [-0.2, 0) is 9.59 Å². The van der Waals surface area contributed by atoms with Crippen molar-refractivity contribution >= 4 is 11.6 Å². The molecule has 1 aromatic heterocycles. The van der Waals surface area contributed by atoms with E-state index in [1.165, 1.54) is 22.3 Å². The molecular formula is C32H35NO2. The van der Waals surface area contributed by atoms with E-state index < -0.39 is 0 Å². The molecule has 0 N–H and O–H groups in total. The maximum atomic E-state index is 12.9. The number of rotatable bonds is 3. The number of fused-ring (bicyclic) bond motifs is 4. The molecule has 0 amide bonds. The van der Waals surface area contributed by atoms with Gasteiger partial charge in [0.1, 0.15) is 5.78 Å². The molecule has 0 aliphatic heterocycles. The number of allylic oxidation sites excluding steroid dienone is 4. The summed E-state index contributed by atoms with van der Waals surface area (Å²) in [4.78, 5) is 29.5. The second kappa shape index (κ2) is 8.40. The molecule has 180 valence electrons. The van der Waals surface area contributed by atoms with Gasteiger partial charge in [0.15, 0.2) is 5.78 Å². The van der Waals surface area contributed by atoms with Crippen LogP contribution in [0.15, 0.2) is 71.6 Å². The monoisotopic (exact) mass is 465 g/mol. The van der Waals surface area contributed by atoms with E-state index in [2.05, 4.69) is 49.2 Å². The molecule has 0 saturated heterocycles. The fourth-order valence-electron chi connectivity index (χ4n) is 8.63. The van der Waals surface area contributed by atoms with E-state index in [4.69, 9.17) is 0 Å². The summed E-state index contributed by atoms with van der Waals surface area (Å²) in [5.74, 6) is 2.61. The lowest BCUT2D eigenvalue weighted by Gasteiger charge is -2.52. The minimum Gasteiger partial charge on any atom is -0.300 e. The molecule has 2 saturated carbocycles. The van der Waals surface area contributed by atoms with Crippen LogP contribution in [0.4, 0.5) is 0 Å². The zero-order valence-corrected chi connectivity index (χ0v) is 21.1. The zero-order chi connectivity index (χ0) is 24.3. The summed E-state index contributed by atoms with van der Waals surface area (Å²) in [6.45, 7) is 6.53. The van der Waals surface area contributed by atoms with Crippen LogP contribution in [-0.4, -0.2) is 16.6 Å². The number of aromatic nitrogens is 1. The minimum absolute atomic E-state index is 0.0262. The lowest BCUT2D eigenvalue weighted by atomic mass is 9.51. The summed E-state index contributed by atoms with van der Waals surface area (Å²) in [7, 11) is 0. The number of nitrogens with zero attached hydrogens (tertiary/aromatic N) is 1. The fourth-order valence-corrected chi connectivity index (χ4v) is 8.63. The fraction of sp³-hybridized carbons (Fsp3) is 0.469. The van der Waals surface area contributed by atoms with E-state index in [9.17, 15) is 9.59 Å². The van der Waals surface area contributed by atoms with Crippen LogP contribution < -0.4 is 0 Å². The number of carbonyl (C=O) groups is 2. The normalized spacial score (nSPS) is 34.1. The highest BCUT2D eigenvalue weighted by Crippen LogP contribution is 2.67. The molecule has 6 rings (SSSR count). The van der Waals surface area contributed by atoms with E-state index in [1.54, 1.807) is 5.57 Å². The molecule has 4 aliphatic rings. The first-order valence-electron chi connectivity index (χ1n) is 13.3. The Morgan fingerprint density at radius 1 is 1.06 bits per heavy atom. The first-order chi connectivity index (χ1) is 16.9.